The average Bonchev–Trinajstić information content (AvgIpc) is 2.47. The molecular formula is C20H27N. The average molecular weight is 281 g/mol. The Kier molecular flexibility index (Phi) is 5.19. The third-order valence-corrected chi connectivity index (χ3v) is 4.41. The third-order valence-electron chi connectivity index (χ3n) is 4.41. The van der Waals surface area contributed by atoms with E-state index in [1.165, 1.54) is 27.8 Å². The van der Waals surface area contributed by atoms with Crippen LogP contribution in [-0.4, -0.2) is 7.05 Å². The second-order valence-electron chi connectivity index (χ2n) is 6.24. The molecule has 1 nitrogen and oxygen atoms in total. The fraction of sp³-hybridized carbons (Fsp3) is 0.400. The van der Waals surface area contributed by atoms with Crippen molar-refractivity contribution in [3.63, 3.8) is 0 Å². The fourth-order valence-electron chi connectivity index (χ4n) is 2.87. The normalized spacial score (nSPS) is 12.7. The van der Waals surface area contributed by atoms with Crippen LogP contribution in [0, 0.1) is 13.8 Å². The minimum Gasteiger partial charge on any atom is -0.313 e. The second-order valence-corrected chi connectivity index (χ2v) is 6.24. The number of hydrogen-bond donors (Lipinski definition) is 1. The number of aryl methyl sites for hydroxylation is 2. The quantitative estimate of drug-likeness (QED) is 0.819. The molecule has 0 aliphatic rings. The van der Waals surface area contributed by atoms with Gasteiger partial charge < -0.3 is 5.32 Å². The zero-order valence-corrected chi connectivity index (χ0v) is 13.9. The van der Waals surface area contributed by atoms with Crippen LogP contribution in [0.15, 0.2) is 42.5 Å². The zero-order valence-electron chi connectivity index (χ0n) is 13.9. The first kappa shape index (κ1) is 15.8. The highest BCUT2D eigenvalue weighted by molar-refractivity contribution is 5.36. The van der Waals surface area contributed by atoms with Crippen molar-refractivity contribution in [2.45, 2.75) is 46.1 Å². The molecule has 1 N–H and O–H groups in total. The predicted octanol–water partition coefficient (Wildman–Crippen LogP) is 4.93. The van der Waals surface area contributed by atoms with Crippen molar-refractivity contribution in [1.82, 2.24) is 5.32 Å². The lowest BCUT2D eigenvalue weighted by atomic mass is 9.92. The van der Waals surface area contributed by atoms with E-state index in [2.05, 4.69) is 82.5 Å². The van der Waals surface area contributed by atoms with Gasteiger partial charge in [0.1, 0.15) is 0 Å². The van der Waals surface area contributed by atoms with Crippen LogP contribution in [-0.2, 0) is 6.42 Å². The van der Waals surface area contributed by atoms with Crippen LogP contribution in [0.3, 0.4) is 0 Å². The molecule has 0 amide bonds. The van der Waals surface area contributed by atoms with Crippen LogP contribution >= 0.6 is 0 Å². The first-order chi connectivity index (χ1) is 10.0. The van der Waals surface area contributed by atoms with E-state index < -0.39 is 0 Å². The monoisotopic (exact) mass is 281 g/mol. The topological polar surface area (TPSA) is 12.0 Å². The first-order valence-corrected chi connectivity index (χ1v) is 7.85. The molecule has 2 aromatic carbocycles. The Bertz CT molecular complexity index is 561. The maximum absolute atomic E-state index is 3.47. The summed E-state index contributed by atoms with van der Waals surface area (Å²) in [5.74, 6) is 0.589. The molecule has 0 spiro atoms. The van der Waals surface area contributed by atoms with Crippen LogP contribution in [0.2, 0.25) is 0 Å². The minimum absolute atomic E-state index is 0.367. The van der Waals surface area contributed by atoms with Crippen molar-refractivity contribution in [1.29, 1.82) is 0 Å². The molecule has 0 fully saturated rings. The number of hydrogen-bond acceptors (Lipinski definition) is 1. The van der Waals surface area contributed by atoms with Gasteiger partial charge in [-0.1, -0.05) is 56.3 Å². The van der Waals surface area contributed by atoms with E-state index in [0.29, 0.717) is 12.0 Å². The molecule has 1 heteroatoms. The lowest BCUT2D eigenvalue weighted by Crippen LogP contribution is -2.19. The van der Waals surface area contributed by atoms with Gasteiger partial charge in [0.15, 0.2) is 0 Å². The van der Waals surface area contributed by atoms with Crippen molar-refractivity contribution in [3.05, 3.63) is 70.3 Å². The highest BCUT2D eigenvalue weighted by atomic mass is 14.9. The molecule has 0 radical (unpaired) electrons. The molecule has 0 aliphatic carbocycles. The Morgan fingerprint density at radius 3 is 1.86 bits per heavy atom. The molecule has 21 heavy (non-hydrogen) atoms. The summed E-state index contributed by atoms with van der Waals surface area (Å²) in [5, 5.41) is 3.47. The summed E-state index contributed by atoms with van der Waals surface area (Å²) in [4.78, 5) is 0. The van der Waals surface area contributed by atoms with Gasteiger partial charge >= 0.3 is 0 Å². The van der Waals surface area contributed by atoms with E-state index in [-0.39, 0.29) is 0 Å². The maximum Gasteiger partial charge on any atom is 0.0358 e. The molecule has 1 atom stereocenters. The lowest BCUT2D eigenvalue weighted by Gasteiger charge is -2.20. The van der Waals surface area contributed by atoms with E-state index in [9.17, 15) is 0 Å². The van der Waals surface area contributed by atoms with Gasteiger partial charge in [-0.15, -0.1) is 0 Å². The summed E-state index contributed by atoms with van der Waals surface area (Å²) >= 11 is 0. The molecule has 2 aromatic rings. The summed E-state index contributed by atoms with van der Waals surface area (Å²) in [6.45, 7) is 8.89. The summed E-state index contributed by atoms with van der Waals surface area (Å²) in [5.41, 5.74) is 7.00. The van der Waals surface area contributed by atoms with Gasteiger partial charge in [-0.05, 0) is 61.1 Å². The molecule has 0 heterocycles. The Balaban J connectivity index is 2.24. The lowest BCUT2D eigenvalue weighted by molar-refractivity contribution is 0.588. The van der Waals surface area contributed by atoms with E-state index in [0.717, 1.165) is 6.42 Å². The smallest absolute Gasteiger partial charge is 0.0358 e. The van der Waals surface area contributed by atoms with Gasteiger partial charge in [0, 0.05) is 6.04 Å². The van der Waals surface area contributed by atoms with Gasteiger partial charge in [0.25, 0.3) is 0 Å². The number of rotatable bonds is 5. The van der Waals surface area contributed by atoms with Crippen LogP contribution in [0.5, 0.6) is 0 Å². The van der Waals surface area contributed by atoms with E-state index in [1.807, 2.05) is 0 Å². The van der Waals surface area contributed by atoms with Gasteiger partial charge in [-0.2, -0.15) is 0 Å². The van der Waals surface area contributed by atoms with E-state index in [4.69, 9.17) is 0 Å². The molecule has 0 bridgehead atoms. The van der Waals surface area contributed by atoms with E-state index >= 15 is 0 Å². The fourth-order valence-corrected chi connectivity index (χ4v) is 2.87. The standard InChI is InChI=1S/C20H27N/c1-14(2)17-9-11-18(12-10-17)20(21-5)13-19-15(3)7-6-8-16(19)4/h6-12,14,20-21H,13H2,1-5H3. The third kappa shape index (κ3) is 3.74. The first-order valence-electron chi connectivity index (χ1n) is 7.85. The molecule has 0 saturated carbocycles. The van der Waals surface area contributed by atoms with Crippen molar-refractivity contribution >= 4 is 0 Å². The van der Waals surface area contributed by atoms with Crippen LogP contribution < -0.4 is 5.32 Å². The Hall–Kier alpha value is -1.60. The minimum atomic E-state index is 0.367. The molecule has 0 aliphatic heterocycles. The molecular weight excluding hydrogens is 254 g/mol. The number of likely N-dealkylation sites (N-methyl/N-ethyl adjacent to an activating group) is 1. The van der Waals surface area contributed by atoms with Crippen molar-refractivity contribution in [2.24, 2.45) is 0 Å². The summed E-state index contributed by atoms with van der Waals surface area (Å²) < 4.78 is 0. The summed E-state index contributed by atoms with van der Waals surface area (Å²) in [6.07, 6.45) is 1.04. The summed E-state index contributed by atoms with van der Waals surface area (Å²) in [7, 11) is 2.05. The molecule has 112 valence electrons. The van der Waals surface area contributed by atoms with Gasteiger partial charge in [0.05, 0.1) is 0 Å². The van der Waals surface area contributed by atoms with Gasteiger partial charge in [0.2, 0.25) is 0 Å². The Morgan fingerprint density at radius 1 is 0.857 bits per heavy atom. The van der Waals surface area contributed by atoms with Gasteiger partial charge in [-0.25, -0.2) is 0 Å². The highest BCUT2D eigenvalue weighted by Gasteiger charge is 2.13. The SMILES string of the molecule is CNC(Cc1c(C)cccc1C)c1ccc(C(C)C)cc1. The zero-order chi connectivity index (χ0) is 15.4. The van der Waals surface area contributed by atoms with Crippen molar-refractivity contribution < 1.29 is 0 Å². The number of nitrogens with one attached hydrogen (secondary N) is 1. The highest BCUT2D eigenvalue weighted by Crippen LogP contribution is 2.24. The largest absolute Gasteiger partial charge is 0.313 e. The number of benzene rings is 2. The Labute approximate surface area is 129 Å². The van der Waals surface area contributed by atoms with Gasteiger partial charge in [-0.3, -0.25) is 0 Å². The maximum atomic E-state index is 3.47. The Morgan fingerprint density at radius 2 is 1.38 bits per heavy atom. The van der Waals surface area contributed by atoms with E-state index in [1.54, 1.807) is 0 Å². The molecule has 2 rings (SSSR count). The van der Waals surface area contributed by atoms with Crippen LogP contribution in [0.25, 0.3) is 0 Å². The van der Waals surface area contributed by atoms with Crippen LogP contribution in [0.1, 0.15) is 53.6 Å². The van der Waals surface area contributed by atoms with Crippen molar-refractivity contribution in [3.8, 4) is 0 Å². The predicted molar refractivity (Wildman–Crippen MR) is 92.0 cm³/mol. The second kappa shape index (κ2) is 6.91. The molecule has 1 unspecified atom stereocenters. The molecule has 0 saturated heterocycles. The van der Waals surface area contributed by atoms with Crippen LogP contribution in [0.4, 0.5) is 0 Å². The van der Waals surface area contributed by atoms with Crippen molar-refractivity contribution in [2.75, 3.05) is 7.05 Å². The summed E-state index contributed by atoms with van der Waals surface area (Å²) in [6, 6.07) is 16.0. The molecule has 0 aromatic heterocycles.